The van der Waals surface area contributed by atoms with Crippen LogP contribution in [0.25, 0.3) is 0 Å². The average molecular weight is 412 g/mol. The maximum Gasteiger partial charge on any atom is 0.320 e. The van der Waals surface area contributed by atoms with E-state index in [1.165, 1.54) is 0 Å². The highest BCUT2D eigenvalue weighted by molar-refractivity contribution is 5.95. The molecule has 4 amide bonds. The summed E-state index contributed by atoms with van der Waals surface area (Å²) in [6.07, 6.45) is 1.49. The number of amides is 4. The van der Waals surface area contributed by atoms with E-state index in [9.17, 15) is 14.4 Å². The predicted octanol–water partition coefficient (Wildman–Crippen LogP) is 1.32. The van der Waals surface area contributed by atoms with Gasteiger partial charge in [0.25, 0.3) is 0 Å². The van der Waals surface area contributed by atoms with Crippen LogP contribution in [0, 0.1) is 5.92 Å². The quantitative estimate of drug-likeness (QED) is 0.564. The molecule has 5 N–H and O–H groups in total. The first-order valence-corrected chi connectivity index (χ1v) is 9.25. The molecule has 2 rings (SSSR count). The number of carbonyl (C=O) groups is 3. The molecule has 0 aromatic heterocycles. The molecule has 1 heterocycles. The minimum absolute atomic E-state index is 0. The van der Waals surface area contributed by atoms with Crippen LogP contribution in [0.2, 0.25) is 0 Å². The zero-order chi connectivity index (χ0) is 19.9. The van der Waals surface area contributed by atoms with E-state index in [1.807, 2.05) is 18.2 Å². The van der Waals surface area contributed by atoms with Gasteiger partial charge in [0.2, 0.25) is 11.8 Å². The Bertz CT molecular complexity index is 669. The molecule has 28 heavy (non-hydrogen) atoms. The van der Waals surface area contributed by atoms with E-state index in [2.05, 4.69) is 16.0 Å². The molecule has 1 aromatic rings. The van der Waals surface area contributed by atoms with E-state index in [4.69, 9.17) is 5.73 Å². The van der Waals surface area contributed by atoms with Crippen LogP contribution in [0.1, 0.15) is 26.7 Å². The summed E-state index contributed by atoms with van der Waals surface area (Å²) in [6, 6.07) is 8.57. The summed E-state index contributed by atoms with van der Waals surface area (Å²) in [5, 5.41) is 8.21. The summed E-state index contributed by atoms with van der Waals surface area (Å²) in [5.74, 6) is -0.532. The number of nitrogens with one attached hydrogen (secondary N) is 3. The van der Waals surface area contributed by atoms with Crippen LogP contribution in [-0.4, -0.2) is 54.5 Å². The second-order valence-electron chi connectivity index (χ2n) is 7.24. The molecule has 1 atom stereocenters. The van der Waals surface area contributed by atoms with Gasteiger partial charge in [0.1, 0.15) is 5.54 Å². The van der Waals surface area contributed by atoms with Crippen LogP contribution >= 0.6 is 12.4 Å². The number of likely N-dealkylation sites (tertiary alicyclic amines) is 1. The first-order chi connectivity index (χ1) is 12.8. The molecular formula is C19H30ClN5O3. The molecule has 0 aliphatic carbocycles. The molecule has 1 fully saturated rings. The number of hydrogen-bond donors (Lipinski definition) is 4. The van der Waals surface area contributed by atoms with Gasteiger partial charge in [0.15, 0.2) is 0 Å². The lowest BCUT2D eigenvalue weighted by Crippen LogP contribution is -2.59. The summed E-state index contributed by atoms with van der Waals surface area (Å²) in [4.78, 5) is 39.0. The maximum atomic E-state index is 12.9. The SMILES string of the molecule is CC(C)(NC(=O)Nc1ccccc1)C(=O)N1CCCC(C(=O)NCCN)C1.Cl. The highest BCUT2D eigenvalue weighted by atomic mass is 35.5. The van der Waals surface area contributed by atoms with Gasteiger partial charge >= 0.3 is 6.03 Å². The zero-order valence-electron chi connectivity index (χ0n) is 16.4. The molecule has 1 aromatic carbocycles. The van der Waals surface area contributed by atoms with Crippen molar-refractivity contribution in [3.05, 3.63) is 30.3 Å². The fraction of sp³-hybridized carbons (Fsp3) is 0.526. The Hall–Kier alpha value is -2.32. The van der Waals surface area contributed by atoms with Gasteiger partial charge < -0.3 is 26.6 Å². The van der Waals surface area contributed by atoms with E-state index in [1.54, 1.807) is 30.9 Å². The molecule has 1 unspecified atom stereocenters. The van der Waals surface area contributed by atoms with E-state index < -0.39 is 11.6 Å². The van der Waals surface area contributed by atoms with Gasteiger partial charge in [0.05, 0.1) is 5.92 Å². The summed E-state index contributed by atoms with van der Waals surface area (Å²) in [5.41, 5.74) is 4.97. The van der Waals surface area contributed by atoms with Gasteiger partial charge in [-0.3, -0.25) is 9.59 Å². The van der Waals surface area contributed by atoms with Crippen LogP contribution in [0.15, 0.2) is 30.3 Å². The first kappa shape index (κ1) is 23.7. The number of rotatable bonds is 6. The van der Waals surface area contributed by atoms with Crippen molar-refractivity contribution in [2.24, 2.45) is 11.7 Å². The molecule has 8 nitrogen and oxygen atoms in total. The van der Waals surface area contributed by atoms with Crippen LogP contribution < -0.4 is 21.7 Å². The van der Waals surface area contributed by atoms with Gasteiger partial charge in [-0.05, 0) is 38.8 Å². The summed E-state index contributed by atoms with van der Waals surface area (Å²) < 4.78 is 0. The molecule has 156 valence electrons. The zero-order valence-corrected chi connectivity index (χ0v) is 17.2. The minimum atomic E-state index is -1.09. The monoisotopic (exact) mass is 411 g/mol. The van der Waals surface area contributed by atoms with Gasteiger partial charge in [-0.15, -0.1) is 12.4 Å². The Morgan fingerprint density at radius 3 is 2.54 bits per heavy atom. The van der Waals surface area contributed by atoms with Crippen molar-refractivity contribution in [3.63, 3.8) is 0 Å². The van der Waals surface area contributed by atoms with Gasteiger partial charge in [-0.1, -0.05) is 18.2 Å². The van der Waals surface area contributed by atoms with E-state index in [0.717, 1.165) is 12.8 Å². The van der Waals surface area contributed by atoms with Crippen molar-refractivity contribution in [1.29, 1.82) is 0 Å². The smallest absolute Gasteiger partial charge is 0.320 e. The Balaban J connectivity index is 0.00000392. The summed E-state index contributed by atoms with van der Waals surface area (Å²) in [6.45, 7) is 5.06. The number of carbonyl (C=O) groups excluding carboxylic acids is 3. The van der Waals surface area contributed by atoms with Crippen molar-refractivity contribution >= 4 is 35.9 Å². The second kappa shape index (κ2) is 10.9. The van der Waals surface area contributed by atoms with E-state index >= 15 is 0 Å². The van der Waals surface area contributed by atoms with Crippen molar-refractivity contribution in [2.45, 2.75) is 32.2 Å². The molecule has 0 saturated carbocycles. The van der Waals surface area contributed by atoms with Crippen molar-refractivity contribution in [2.75, 3.05) is 31.5 Å². The van der Waals surface area contributed by atoms with Crippen LogP contribution in [-0.2, 0) is 9.59 Å². The van der Waals surface area contributed by atoms with Crippen molar-refractivity contribution in [3.8, 4) is 0 Å². The van der Waals surface area contributed by atoms with Crippen LogP contribution in [0.4, 0.5) is 10.5 Å². The molecule has 9 heteroatoms. The Labute approximate surface area is 172 Å². The first-order valence-electron chi connectivity index (χ1n) is 9.25. The summed E-state index contributed by atoms with van der Waals surface area (Å²) in [7, 11) is 0. The molecule has 1 saturated heterocycles. The summed E-state index contributed by atoms with van der Waals surface area (Å²) >= 11 is 0. The third-order valence-corrected chi connectivity index (χ3v) is 4.52. The van der Waals surface area contributed by atoms with Gasteiger partial charge in [-0.2, -0.15) is 0 Å². The number of anilines is 1. The number of nitrogens with zero attached hydrogens (tertiary/aromatic N) is 1. The Morgan fingerprint density at radius 2 is 1.89 bits per heavy atom. The number of halogens is 1. The molecule has 0 bridgehead atoms. The lowest BCUT2D eigenvalue weighted by molar-refractivity contribution is -0.140. The number of urea groups is 1. The molecule has 1 aliphatic rings. The lowest BCUT2D eigenvalue weighted by atomic mass is 9.94. The second-order valence-corrected chi connectivity index (χ2v) is 7.24. The third-order valence-electron chi connectivity index (χ3n) is 4.52. The fourth-order valence-corrected chi connectivity index (χ4v) is 3.13. The fourth-order valence-electron chi connectivity index (χ4n) is 3.13. The Kier molecular flexibility index (Phi) is 9.21. The average Bonchev–Trinajstić information content (AvgIpc) is 2.65. The molecule has 0 radical (unpaired) electrons. The van der Waals surface area contributed by atoms with Crippen molar-refractivity contribution in [1.82, 2.24) is 15.5 Å². The predicted molar refractivity (Wildman–Crippen MR) is 111 cm³/mol. The number of piperidine rings is 1. The molecule has 0 spiro atoms. The van der Waals surface area contributed by atoms with Crippen LogP contribution in [0.3, 0.4) is 0 Å². The number of hydrogen-bond acceptors (Lipinski definition) is 4. The Morgan fingerprint density at radius 1 is 1.21 bits per heavy atom. The molecular weight excluding hydrogens is 382 g/mol. The minimum Gasteiger partial charge on any atom is -0.355 e. The molecule has 1 aliphatic heterocycles. The van der Waals surface area contributed by atoms with E-state index in [0.29, 0.717) is 31.9 Å². The third kappa shape index (κ3) is 6.69. The number of nitrogens with two attached hydrogens (primary N) is 1. The highest BCUT2D eigenvalue weighted by Gasteiger charge is 2.37. The standard InChI is InChI=1S/C19H29N5O3.ClH/c1-19(2,23-18(27)22-15-8-4-3-5-9-15)17(26)24-12-6-7-14(13-24)16(25)21-11-10-20;/h3-5,8-9,14H,6-7,10-13,20H2,1-2H3,(H,21,25)(H2,22,23,27);1H. The topological polar surface area (TPSA) is 117 Å². The van der Waals surface area contributed by atoms with Crippen molar-refractivity contribution < 1.29 is 14.4 Å². The normalized spacial score (nSPS) is 16.5. The highest BCUT2D eigenvalue weighted by Crippen LogP contribution is 2.20. The van der Waals surface area contributed by atoms with Gasteiger partial charge in [-0.25, -0.2) is 4.79 Å². The van der Waals surface area contributed by atoms with Gasteiger partial charge in [0, 0.05) is 31.9 Å². The lowest BCUT2D eigenvalue weighted by Gasteiger charge is -2.37. The largest absolute Gasteiger partial charge is 0.355 e. The number of benzene rings is 1. The maximum absolute atomic E-state index is 12.9. The number of para-hydroxylation sites is 1. The van der Waals surface area contributed by atoms with Crippen LogP contribution in [0.5, 0.6) is 0 Å². The van der Waals surface area contributed by atoms with E-state index in [-0.39, 0.29) is 30.1 Å².